The van der Waals surface area contributed by atoms with Gasteiger partial charge in [-0.1, -0.05) is 35.4 Å². The molecule has 0 saturated heterocycles. The Morgan fingerprint density at radius 3 is 2.53 bits per heavy atom. The predicted molar refractivity (Wildman–Crippen MR) is 68.0 cm³/mol. The maximum absolute atomic E-state index is 11.8. The van der Waals surface area contributed by atoms with Gasteiger partial charge in [-0.15, -0.1) is 0 Å². The van der Waals surface area contributed by atoms with Crippen LogP contribution in [0, 0.1) is 0 Å². The summed E-state index contributed by atoms with van der Waals surface area (Å²) in [5.41, 5.74) is 0.612. The van der Waals surface area contributed by atoms with E-state index in [-0.39, 0.29) is 10.6 Å². The molecule has 0 atom stereocenters. The Kier molecular flexibility index (Phi) is 3.22. The van der Waals surface area contributed by atoms with Gasteiger partial charge < -0.3 is 0 Å². The standard InChI is InChI=1S/C12H9Cl2NO2/c1-2-3-6-15-10-8(14)5-4-7(13)9(10)11(16)12(15)17/h2-5H,6H2,1H3/b3-2+. The Hall–Kier alpha value is -1.32. The number of ketones is 1. The van der Waals surface area contributed by atoms with Crippen LogP contribution < -0.4 is 4.90 Å². The number of carbonyl (C=O) groups excluding carboxylic acids is 2. The predicted octanol–water partition coefficient (Wildman–Crippen LogP) is 3.10. The number of carbonyl (C=O) groups is 2. The van der Waals surface area contributed by atoms with Gasteiger partial charge in [0, 0.05) is 6.54 Å². The molecule has 0 bridgehead atoms. The van der Waals surface area contributed by atoms with Crippen molar-refractivity contribution in [3.05, 3.63) is 39.9 Å². The molecule has 88 valence electrons. The number of nitrogens with zero attached hydrogens (tertiary/aromatic N) is 1. The highest BCUT2D eigenvalue weighted by Crippen LogP contribution is 2.39. The second kappa shape index (κ2) is 4.51. The van der Waals surface area contributed by atoms with Crippen molar-refractivity contribution in [2.24, 2.45) is 0 Å². The van der Waals surface area contributed by atoms with Gasteiger partial charge in [0.1, 0.15) is 0 Å². The van der Waals surface area contributed by atoms with E-state index in [1.54, 1.807) is 18.2 Å². The molecule has 0 N–H and O–H groups in total. The van der Waals surface area contributed by atoms with Gasteiger partial charge in [0.05, 0.1) is 21.3 Å². The number of hydrogen-bond donors (Lipinski definition) is 0. The van der Waals surface area contributed by atoms with Gasteiger partial charge in [0.2, 0.25) is 0 Å². The summed E-state index contributed by atoms with van der Waals surface area (Å²) in [5.74, 6) is -1.19. The number of fused-ring (bicyclic) bond motifs is 1. The van der Waals surface area contributed by atoms with Gasteiger partial charge in [0.15, 0.2) is 0 Å². The van der Waals surface area contributed by atoms with E-state index in [4.69, 9.17) is 23.2 Å². The number of halogens is 2. The fourth-order valence-corrected chi connectivity index (χ4v) is 2.23. The topological polar surface area (TPSA) is 37.4 Å². The molecule has 0 saturated carbocycles. The SMILES string of the molecule is C/C=C/CN1C(=O)C(=O)c2c(Cl)ccc(Cl)c21. The molecular weight excluding hydrogens is 261 g/mol. The molecule has 0 spiro atoms. The summed E-state index contributed by atoms with van der Waals surface area (Å²) in [5, 5.41) is 0.610. The third kappa shape index (κ3) is 1.85. The van der Waals surface area contributed by atoms with Gasteiger partial charge in [-0.05, 0) is 19.1 Å². The largest absolute Gasteiger partial charge is 0.299 e. The first-order valence-corrected chi connectivity index (χ1v) is 5.79. The second-order valence-corrected chi connectivity index (χ2v) is 4.38. The van der Waals surface area contributed by atoms with Crippen LogP contribution in [0.3, 0.4) is 0 Å². The van der Waals surface area contributed by atoms with Gasteiger partial charge in [0.25, 0.3) is 11.7 Å². The number of benzene rings is 1. The molecule has 0 fully saturated rings. The Bertz CT molecular complexity index is 538. The average molecular weight is 270 g/mol. The minimum absolute atomic E-state index is 0.202. The summed E-state index contributed by atoms with van der Waals surface area (Å²) in [4.78, 5) is 24.9. The Morgan fingerprint density at radius 2 is 1.88 bits per heavy atom. The molecule has 5 heteroatoms. The van der Waals surface area contributed by atoms with Crippen LogP contribution in [-0.4, -0.2) is 18.2 Å². The summed E-state index contributed by atoms with van der Waals surface area (Å²) in [7, 11) is 0. The van der Waals surface area contributed by atoms with Crippen molar-refractivity contribution in [2.75, 3.05) is 11.4 Å². The van der Waals surface area contributed by atoms with Crippen LogP contribution in [0.5, 0.6) is 0 Å². The van der Waals surface area contributed by atoms with E-state index in [1.807, 2.05) is 6.92 Å². The van der Waals surface area contributed by atoms with Crippen LogP contribution in [0.15, 0.2) is 24.3 Å². The highest BCUT2D eigenvalue weighted by Gasteiger charge is 2.38. The maximum atomic E-state index is 11.8. The van der Waals surface area contributed by atoms with Gasteiger partial charge >= 0.3 is 0 Å². The zero-order valence-electron chi connectivity index (χ0n) is 9.04. The summed E-state index contributed by atoms with van der Waals surface area (Å²) < 4.78 is 0. The third-order valence-electron chi connectivity index (χ3n) is 2.54. The lowest BCUT2D eigenvalue weighted by atomic mass is 10.1. The fraction of sp³-hybridized carbons (Fsp3) is 0.167. The van der Waals surface area contributed by atoms with Crippen molar-refractivity contribution in [3.63, 3.8) is 0 Å². The van der Waals surface area contributed by atoms with Crippen molar-refractivity contribution in [3.8, 4) is 0 Å². The number of amides is 1. The molecule has 1 aromatic carbocycles. The highest BCUT2D eigenvalue weighted by molar-refractivity contribution is 6.57. The molecule has 2 rings (SSSR count). The lowest BCUT2D eigenvalue weighted by Gasteiger charge is -2.15. The minimum atomic E-state index is -0.600. The Morgan fingerprint density at radius 1 is 1.24 bits per heavy atom. The average Bonchev–Trinajstić information content (AvgIpc) is 2.56. The minimum Gasteiger partial charge on any atom is -0.299 e. The third-order valence-corrected chi connectivity index (χ3v) is 3.16. The van der Waals surface area contributed by atoms with Crippen LogP contribution in [0.1, 0.15) is 17.3 Å². The highest BCUT2D eigenvalue weighted by atomic mass is 35.5. The van der Waals surface area contributed by atoms with E-state index >= 15 is 0 Å². The summed E-state index contributed by atoms with van der Waals surface area (Å²) >= 11 is 11.9. The van der Waals surface area contributed by atoms with Gasteiger partial charge in [-0.2, -0.15) is 0 Å². The monoisotopic (exact) mass is 269 g/mol. The molecule has 1 aliphatic rings. The molecule has 0 aliphatic carbocycles. The van der Waals surface area contributed by atoms with Crippen molar-refractivity contribution >= 4 is 40.6 Å². The Balaban J connectivity index is 2.59. The van der Waals surface area contributed by atoms with Gasteiger partial charge in [-0.3, -0.25) is 14.5 Å². The number of Topliss-reactive ketones (excluding diaryl/α,β-unsaturated/α-hetero) is 1. The van der Waals surface area contributed by atoms with E-state index in [0.29, 0.717) is 17.3 Å². The van der Waals surface area contributed by atoms with Crippen LogP contribution in [0.25, 0.3) is 0 Å². The summed E-state index contributed by atoms with van der Waals surface area (Å²) in [6, 6.07) is 3.10. The first-order valence-electron chi connectivity index (χ1n) is 5.03. The molecular formula is C12H9Cl2NO2. The quantitative estimate of drug-likeness (QED) is 0.611. The number of hydrogen-bond acceptors (Lipinski definition) is 2. The normalized spacial score (nSPS) is 14.9. The number of allylic oxidation sites excluding steroid dienone is 1. The fourth-order valence-electron chi connectivity index (χ4n) is 1.74. The summed E-state index contributed by atoms with van der Waals surface area (Å²) in [6.45, 7) is 2.15. The van der Waals surface area contributed by atoms with E-state index in [1.165, 1.54) is 11.0 Å². The van der Waals surface area contributed by atoms with Crippen LogP contribution >= 0.6 is 23.2 Å². The van der Waals surface area contributed by atoms with E-state index in [0.717, 1.165) is 0 Å². The number of rotatable bonds is 2. The van der Waals surface area contributed by atoms with E-state index in [9.17, 15) is 9.59 Å². The van der Waals surface area contributed by atoms with Crippen molar-refractivity contribution in [2.45, 2.75) is 6.92 Å². The molecule has 0 radical (unpaired) electrons. The molecule has 3 nitrogen and oxygen atoms in total. The zero-order valence-corrected chi connectivity index (χ0v) is 10.5. The molecule has 1 amide bonds. The molecule has 0 unspecified atom stereocenters. The lowest BCUT2D eigenvalue weighted by molar-refractivity contribution is -0.114. The van der Waals surface area contributed by atoms with Crippen molar-refractivity contribution < 1.29 is 9.59 Å². The molecule has 0 aromatic heterocycles. The van der Waals surface area contributed by atoms with Crippen LogP contribution in [0.4, 0.5) is 5.69 Å². The molecule has 1 heterocycles. The van der Waals surface area contributed by atoms with Crippen LogP contribution in [-0.2, 0) is 4.79 Å². The number of anilines is 1. The maximum Gasteiger partial charge on any atom is 0.299 e. The van der Waals surface area contributed by atoms with Crippen molar-refractivity contribution in [1.82, 2.24) is 0 Å². The second-order valence-electron chi connectivity index (χ2n) is 3.57. The molecule has 1 aromatic rings. The first kappa shape index (κ1) is 12.1. The molecule has 1 aliphatic heterocycles. The summed E-state index contributed by atoms with van der Waals surface area (Å²) in [6.07, 6.45) is 3.58. The lowest BCUT2D eigenvalue weighted by Crippen LogP contribution is -2.29. The van der Waals surface area contributed by atoms with E-state index in [2.05, 4.69) is 0 Å². The van der Waals surface area contributed by atoms with Gasteiger partial charge in [-0.25, -0.2) is 0 Å². The van der Waals surface area contributed by atoms with Crippen LogP contribution in [0.2, 0.25) is 10.0 Å². The van der Waals surface area contributed by atoms with E-state index < -0.39 is 11.7 Å². The smallest absolute Gasteiger partial charge is 0.299 e. The first-order chi connectivity index (χ1) is 8.07. The zero-order chi connectivity index (χ0) is 12.6. The van der Waals surface area contributed by atoms with Crippen molar-refractivity contribution in [1.29, 1.82) is 0 Å². The Labute approximate surface area is 109 Å². The molecule has 17 heavy (non-hydrogen) atoms.